The zero-order valence-electron chi connectivity index (χ0n) is 16.0. The van der Waals surface area contributed by atoms with Gasteiger partial charge < -0.3 is 18.0 Å². The summed E-state index contributed by atoms with van der Waals surface area (Å²) in [6, 6.07) is 9.60. The molecule has 0 heterocycles. The van der Waals surface area contributed by atoms with Crippen LogP contribution in [0.25, 0.3) is 0 Å². The van der Waals surface area contributed by atoms with Crippen molar-refractivity contribution in [2.24, 2.45) is 0 Å². The Labute approximate surface area is 153 Å². The van der Waals surface area contributed by atoms with Crippen LogP contribution in [0.15, 0.2) is 30.3 Å². The van der Waals surface area contributed by atoms with Gasteiger partial charge in [0.15, 0.2) is 6.23 Å². The van der Waals surface area contributed by atoms with Crippen molar-refractivity contribution in [1.29, 1.82) is 0 Å². The van der Waals surface area contributed by atoms with Crippen LogP contribution in [0.3, 0.4) is 0 Å². The molecule has 6 heteroatoms. The minimum atomic E-state index is -3.01. The highest BCUT2D eigenvalue weighted by Crippen LogP contribution is 2.19. The molecule has 0 N–H and O–H groups in total. The quantitative estimate of drug-likeness (QED) is 0.388. The monoisotopic (exact) mass is 368 g/mol. The molecular formula is C19H32O5Si. The van der Waals surface area contributed by atoms with Crippen molar-refractivity contribution in [1.82, 2.24) is 0 Å². The summed E-state index contributed by atoms with van der Waals surface area (Å²) in [4.78, 5) is 12.4. The van der Waals surface area contributed by atoms with Crippen LogP contribution in [-0.4, -0.2) is 40.8 Å². The average molecular weight is 369 g/mol. The molecule has 0 spiro atoms. The lowest BCUT2D eigenvalue weighted by Crippen LogP contribution is -2.52. The SMILES string of the molecule is CCCO[Si](COC(=O)C(C)c1ccccc1)(OCCC)OCCC. The molecule has 1 unspecified atom stereocenters. The molecule has 0 aliphatic heterocycles. The predicted octanol–water partition coefficient (Wildman–Crippen LogP) is 4.09. The number of carbonyl (C=O) groups is 1. The Morgan fingerprint density at radius 3 is 1.84 bits per heavy atom. The van der Waals surface area contributed by atoms with Gasteiger partial charge >= 0.3 is 14.8 Å². The third-order valence-electron chi connectivity index (χ3n) is 3.62. The van der Waals surface area contributed by atoms with E-state index in [1.165, 1.54) is 0 Å². The molecule has 0 aliphatic carbocycles. The van der Waals surface area contributed by atoms with Gasteiger partial charge in [-0.25, -0.2) is 0 Å². The van der Waals surface area contributed by atoms with E-state index in [2.05, 4.69) is 0 Å². The fraction of sp³-hybridized carbons (Fsp3) is 0.632. The molecule has 0 radical (unpaired) electrons. The van der Waals surface area contributed by atoms with Crippen LogP contribution in [0.5, 0.6) is 0 Å². The molecular weight excluding hydrogens is 336 g/mol. The predicted molar refractivity (Wildman–Crippen MR) is 100 cm³/mol. The van der Waals surface area contributed by atoms with Gasteiger partial charge in [0.05, 0.1) is 5.92 Å². The average Bonchev–Trinajstić information content (AvgIpc) is 2.66. The molecule has 0 aliphatic rings. The van der Waals surface area contributed by atoms with E-state index in [4.69, 9.17) is 18.0 Å². The fourth-order valence-electron chi connectivity index (χ4n) is 2.19. The van der Waals surface area contributed by atoms with Gasteiger partial charge in [-0.15, -0.1) is 0 Å². The van der Waals surface area contributed by atoms with Gasteiger partial charge in [-0.05, 0) is 31.7 Å². The van der Waals surface area contributed by atoms with E-state index in [9.17, 15) is 4.79 Å². The number of ether oxygens (including phenoxy) is 1. The van der Waals surface area contributed by atoms with Gasteiger partial charge in [-0.3, -0.25) is 4.79 Å². The van der Waals surface area contributed by atoms with Crippen LogP contribution in [0, 0.1) is 0 Å². The number of rotatable bonds is 13. The van der Waals surface area contributed by atoms with Crippen LogP contribution in [0.2, 0.25) is 0 Å². The first-order valence-electron chi connectivity index (χ1n) is 9.22. The van der Waals surface area contributed by atoms with Crippen molar-refractivity contribution >= 4 is 14.8 Å². The molecule has 0 saturated carbocycles. The van der Waals surface area contributed by atoms with E-state index in [-0.39, 0.29) is 18.1 Å². The second kappa shape index (κ2) is 12.2. The summed E-state index contributed by atoms with van der Waals surface area (Å²) in [5.41, 5.74) is 0.929. The molecule has 25 heavy (non-hydrogen) atoms. The lowest BCUT2D eigenvalue weighted by Gasteiger charge is -2.29. The van der Waals surface area contributed by atoms with Crippen molar-refractivity contribution in [2.75, 3.05) is 26.1 Å². The molecule has 0 amide bonds. The van der Waals surface area contributed by atoms with Crippen molar-refractivity contribution < 1.29 is 22.8 Å². The Morgan fingerprint density at radius 1 is 0.920 bits per heavy atom. The van der Waals surface area contributed by atoms with Gasteiger partial charge in [-0.2, -0.15) is 0 Å². The summed E-state index contributed by atoms with van der Waals surface area (Å²) >= 11 is 0. The molecule has 0 fully saturated rings. The van der Waals surface area contributed by atoms with Gasteiger partial charge in [0.1, 0.15) is 0 Å². The van der Waals surface area contributed by atoms with Crippen LogP contribution >= 0.6 is 0 Å². The Balaban J connectivity index is 2.75. The molecule has 1 aromatic carbocycles. The Bertz CT molecular complexity index is 458. The topological polar surface area (TPSA) is 54.0 Å². The first-order chi connectivity index (χ1) is 12.1. The van der Waals surface area contributed by atoms with Gasteiger partial charge in [0.2, 0.25) is 0 Å². The number of esters is 1. The first-order valence-corrected chi connectivity index (χ1v) is 11.1. The van der Waals surface area contributed by atoms with Gasteiger partial charge in [0.25, 0.3) is 0 Å². The van der Waals surface area contributed by atoms with E-state index in [0.717, 1.165) is 24.8 Å². The maximum absolute atomic E-state index is 12.4. The lowest BCUT2D eigenvalue weighted by molar-refractivity contribution is -0.145. The summed E-state index contributed by atoms with van der Waals surface area (Å²) in [7, 11) is -3.01. The molecule has 5 nitrogen and oxygen atoms in total. The second-order valence-corrected chi connectivity index (χ2v) is 8.49. The number of hydrogen-bond acceptors (Lipinski definition) is 5. The largest absolute Gasteiger partial charge is 0.540 e. The number of carbonyl (C=O) groups excluding carboxylic acids is 1. The summed E-state index contributed by atoms with van der Waals surface area (Å²) in [5, 5.41) is 0. The van der Waals surface area contributed by atoms with E-state index >= 15 is 0 Å². The van der Waals surface area contributed by atoms with E-state index in [1.807, 2.05) is 58.0 Å². The maximum atomic E-state index is 12.4. The number of hydrogen-bond donors (Lipinski definition) is 0. The Kier molecular flexibility index (Phi) is 10.6. The Morgan fingerprint density at radius 2 is 1.40 bits per heavy atom. The van der Waals surface area contributed by atoms with Gasteiger partial charge in [0, 0.05) is 19.8 Å². The standard InChI is InChI=1S/C19H32O5Si/c1-5-13-22-25(23-14-6-2,24-15-7-3)16-21-19(20)17(4)18-11-9-8-10-12-18/h8-12,17H,5-7,13-16H2,1-4H3. The smallest absolute Gasteiger partial charge is 0.461 e. The summed E-state index contributed by atoms with van der Waals surface area (Å²) in [5.74, 6) is -0.625. The van der Waals surface area contributed by atoms with Crippen molar-refractivity contribution in [3.8, 4) is 0 Å². The van der Waals surface area contributed by atoms with Crippen LogP contribution in [0.4, 0.5) is 0 Å². The van der Waals surface area contributed by atoms with E-state index in [0.29, 0.717) is 19.8 Å². The third kappa shape index (κ3) is 7.69. The van der Waals surface area contributed by atoms with Crippen LogP contribution < -0.4 is 0 Å². The minimum Gasteiger partial charge on any atom is -0.461 e. The van der Waals surface area contributed by atoms with Crippen LogP contribution in [-0.2, 0) is 22.8 Å². The van der Waals surface area contributed by atoms with Crippen molar-refractivity contribution in [3.63, 3.8) is 0 Å². The van der Waals surface area contributed by atoms with Crippen molar-refractivity contribution in [3.05, 3.63) is 35.9 Å². The van der Waals surface area contributed by atoms with Gasteiger partial charge in [-0.1, -0.05) is 51.1 Å². The summed E-state index contributed by atoms with van der Waals surface area (Å²) in [6.07, 6.45) is 2.62. The highest BCUT2D eigenvalue weighted by molar-refractivity contribution is 6.60. The highest BCUT2D eigenvalue weighted by atomic mass is 28.4. The molecule has 1 aromatic rings. The molecule has 0 bridgehead atoms. The fourth-order valence-corrected chi connectivity index (χ4v) is 4.55. The number of benzene rings is 1. The van der Waals surface area contributed by atoms with Crippen LogP contribution in [0.1, 0.15) is 58.4 Å². The normalized spacial score (nSPS) is 12.8. The lowest BCUT2D eigenvalue weighted by atomic mass is 10.0. The third-order valence-corrected chi connectivity index (χ3v) is 6.05. The zero-order chi connectivity index (χ0) is 18.5. The minimum absolute atomic E-state index is 0.0585. The second-order valence-electron chi connectivity index (χ2n) is 5.97. The van der Waals surface area contributed by atoms with E-state index < -0.39 is 8.80 Å². The molecule has 0 saturated heterocycles. The first kappa shape index (κ1) is 21.8. The van der Waals surface area contributed by atoms with Crippen molar-refractivity contribution in [2.45, 2.75) is 52.9 Å². The molecule has 0 aromatic heterocycles. The molecule has 1 atom stereocenters. The maximum Gasteiger partial charge on any atom is 0.540 e. The zero-order valence-corrected chi connectivity index (χ0v) is 17.0. The molecule has 142 valence electrons. The summed E-state index contributed by atoms with van der Waals surface area (Å²) < 4.78 is 23.4. The summed E-state index contributed by atoms with van der Waals surface area (Å²) in [6.45, 7) is 9.53. The highest BCUT2D eigenvalue weighted by Gasteiger charge is 2.43. The Hall–Kier alpha value is -1.21. The molecule has 1 rings (SSSR count). The van der Waals surface area contributed by atoms with E-state index in [1.54, 1.807) is 0 Å².